The van der Waals surface area contributed by atoms with Gasteiger partial charge in [-0.2, -0.15) is 0 Å². The molecule has 5 N–H and O–H groups in total. The minimum Gasteiger partial charge on any atom is -0.393 e. The van der Waals surface area contributed by atoms with Crippen molar-refractivity contribution in [2.45, 2.75) is 123 Å². The summed E-state index contributed by atoms with van der Waals surface area (Å²) in [5.74, 6) is 2.32. The first kappa shape index (κ1) is 26.9. The van der Waals surface area contributed by atoms with Crippen molar-refractivity contribution in [3.8, 4) is 0 Å². The molecule has 34 heavy (non-hydrogen) atoms. The SMILES string of the molecule is CC[C@@H](C(C)C)[C@@H](O)[C@H](O)[C@@H](C)[C@H]1CC[C@H]2[C@@H]3C[C@@H](O)[C@H]4C[C@H](O)[C@H](O)C[C@]4(C)[C@H]3CC[C@]12C. The molecule has 5 nitrogen and oxygen atoms in total. The van der Waals surface area contributed by atoms with Gasteiger partial charge in [0.05, 0.1) is 30.5 Å². The fourth-order valence-electron chi connectivity index (χ4n) is 10.1. The summed E-state index contributed by atoms with van der Waals surface area (Å²) in [6.45, 7) is 13.2. The van der Waals surface area contributed by atoms with Crippen LogP contribution >= 0.6 is 0 Å². The van der Waals surface area contributed by atoms with Gasteiger partial charge in [0.15, 0.2) is 0 Å². The van der Waals surface area contributed by atoms with E-state index < -0.39 is 30.5 Å². The Labute approximate surface area is 207 Å². The van der Waals surface area contributed by atoms with Gasteiger partial charge < -0.3 is 25.5 Å². The maximum Gasteiger partial charge on any atom is 0.0832 e. The Morgan fingerprint density at radius 2 is 1.41 bits per heavy atom. The Bertz CT molecular complexity index is 713. The van der Waals surface area contributed by atoms with Crippen LogP contribution in [0.15, 0.2) is 0 Å². The largest absolute Gasteiger partial charge is 0.393 e. The van der Waals surface area contributed by atoms with Crippen molar-refractivity contribution in [1.82, 2.24) is 0 Å². The van der Waals surface area contributed by atoms with E-state index >= 15 is 0 Å². The quantitative estimate of drug-likeness (QED) is 0.396. The lowest BCUT2D eigenvalue weighted by Crippen LogP contribution is -2.60. The highest BCUT2D eigenvalue weighted by molar-refractivity contribution is 5.12. The van der Waals surface area contributed by atoms with E-state index in [-0.39, 0.29) is 28.6 Å². The third kappa shape index (κ3) is 4.10. The van der Waals surface area contributed by atoms with Gasteiger partial charge in [0.25, 0.3) is 0 Å². The van der Waals surface area contributed by atoms with Gasteiger partial charge in [-0.1, -0.05) is 48.0 Å². The minimum atomic E-state index is -0.722. The summed E-state index contributed by atoms with van der Waals surface area (Å²) in [5, 5.41) is 54.4. The number of hydrogen-bond acceptors (Lipinski definition) is 5. The summed E-state index contributed by atoms with van der Waals surface area (Å²) in [4.78, 5) is 0. The Morgan fingerprint density at radius 1 is 0.765 bits per heavy atom. The van der Waals surface area contributed by atoms with Gasteiger partial charge in [-0.3, -0.25) is 0 Å². The monoisotopic (exact) mass is 480 g/mol. The van der Waals surface area contributed by atoms with Gasteiger partial charge in [-0.05, 0) is 103 Å². The molecule has 4 saturated carbocycles. The van der Waals surface area contributed by atoms with E-state index in [1.807, 2.05) is 0 Å². The van der Waals surface area contributed by atoms with E-state index in [1.54, 1.807) is 0 Å². The first-order valence-corrected chi connectivity index (χ1v) is 14.3. The Kier molecular flexibility index (Phi) is 7.58. The van der Waals surface area contributed by atoms with E-state index in [2.05, 4.69) is 41.5 Å². The first-order chi connectivity index (χ1) is 15.9. The Balaban J connectivity index is 1.54. The minimum absolute atomic E-state index is 0.0397. The molecule has 0 aromatic carbocycles. The molecule has 4 fully saturated rings. The molecule has 4 aliphatic carbocycles. The van der Waals surface area contributed by atoms with Crippen LogP contribution in [0.3, 0.4) is 0 Å². The number of fused-ring (bicyclic) bond motifs is 5. The fourth-order valence-corrected chi connectivity index (χ4v) is 10.1. The van der Waals surface area contributed by atoms with Crippen LogP contribution in [0.2, 0.25) is 0 Å². The zero-order valence-corrected chi connectivity index (χ0v) is 22.4. The van der Waals surface area contributed by atoms with Crippen LogP contribution in [0.1, 0.15) is 92.9 Å². The van der Waals surface area contributed by atoms with Gasteiger partial charge in [-0.25, -0.2) is 0 Å². The molecule has 0 amide bonds. The summed E-state index contributed by atoms with van der Waals surface area (Å²) in [7, 11) is 0. The second-order valence-electron chi connectivity index (χ2n) is 13.8. The number of rotatable bonds is 6. The highest BCUT2D eigenvalue weighted by Gasteiger charge is 2.63. The van der Waals surface area contributed by atoms with Crippen molar-refractivity contribution >= 4 is 0 Å². The van der Waals surface area contributed by atoms with Crippen LogP contribution in [-0.2, 0) is 0 Å². The molecule has 0 bridgehead atoms. The standard InChI is InChI=1S/C29H52O5/c1-7-17(15(2)3)27(34)26(33)16(4)19-8-9-20-18-12-23(30)22-13-24(31)25(32)14-29(22,6)21(18)10-11-28(19,20)5/h15-27,30-34H,7-14H2,1-6H3/t16-,17-,18-,19+,20-,21-,22+,23+,24-,25+,26+,27+,28+,29+/m0/s1. The molecular weight excluding hydrogens is 428 g/mol. The van der Waals surface area contributed by atoms with Crippen molar-refractivity contribution in [2.75, 3.05) is 0 Å². The lowest BCUT2D eigenvalue weighted by molar-refractivity contribution is -0.197. The summed E-state index contributed by atoms with van der Waals surface area (Å²) in [6.07, 6.45) is 3.91. The summed E-state index contributed by atoms with van der Waals surface area (Å²) < 4.78 is 0. The van der Waals surface area contributed by atoms with E-state index in [0.717, 1.165) is 38.5 Å². The fraction of sp³-hybridized carbons (Fsp3) is 1.00. The molecule has 0 unspecified atom stereocenters. The molecule has 0 saturated heterocycles. The maximum atomic E-state index is 11.3. The van der Waals surface area contributed by atoms with E-state index in [1.165, 1.54) is 0 Å². The van der Waals surface area contributed by atoms with E-state index in [9.17, 15) is 25.5 Å². The third-order valence-corrected chi connectivity index (χ3v) is 12.1. The van der Waals surface area contributed by atoms with Crippen molar-refractivity contribution in [3.63, 3.8) is 0 Å². The average molecular weight is 481 g/mol. The molecule has 0 aliphatic heterocycles. The van der Waals surface area contributed by atoms with Crippen LogP contribution in [-0.4, -0.2) is 56.1 Å². The maximum absolute atomic E-state index is 11.3. The van der Waals surface area contributed by atoms with Crippen LogP contribution in [0, 0.1) is 58.2 Å². The summed E-state index contributed by atoms with van der Waals surface area (Å²) >= 11 is 0. The van der Waals surface area contributed by atoms with Crippen LogP contribution in [0.4, 0.5) is 0 Å². The first-order valence-electron chi connectivity index (χ1n) is 14.3. The van der Waals surface area contributed by atoms with Crippen LogP contribution in [0.25, 0.3) is 0 Å². The number of aliphatic hydroxyl groups is 5. The lowest BCUT2D eigenvalue weighted by Gasteiger charge is -2.63. The molecule has 5 heteroatoms. The number of hydrogen-bond donors (Lipinski definition) is 5. The number of aliphatic hydroxyl groups excluding tert-OH is 5. The van der Waals surface area contributed by atoms with Gasteiger partial charge >= 0.3 is 0 Å². The third-order valence-electron chi connectivity index (χ3n) is 12.1. The molecule has 198 valence electrons. The van der Waals surface area contributed by atoms with Gasteiger partial charge in [0, 0.05) is 0 Å². The smallest absolute Gasteiger partial charge is 0.0832 e. The normalized spacial score (nSPS) is 50.1. The summed E-state index contributed by atoms with van der Waals surface area (Å²) in [6, 6.07) is 0. The zero-order valence-electron chi connectivity index (χ0n) is 22.4. The van der Waals surface area contributed by atoms with Gasteiger partial charge in [0.1, 0.15) is 0 Å². The Morgan fingerprint density at radius 3 is 2.03 bits per heavy atom. The lowest BCUT2D eigenvalue weighted by atomic mass is 9.43. The zero-order chi connectivity index (χ0) is 25.2. The molecule has 0 aromatic rings. The van der Waals surface area contributed by atoms with Crippen molar-refractivity contribution in [1.29, 1.82) is 0 Å². The van der Waals surface area contributed by atoms with Gasteiger partial charge in [-0.15, -0.1) is 0 Å². The van der Waals surface area contributed by atoms with Crippen molar-refractivity contribution in [2.24, 2.45) is 58.2 Å². The van der Waals surface area contributed by atoms with E-state index in [0.29, 0.717) is 42.4 Å². The molecular formula is C29H52O5. The predicted molar refractivity (Wildman–Crippen MR) is 134 cm³/mol. The molecule has 4 aliphatic rings. The second kappa shape index (κ2) is 9.59. The molecule has 0 spiro atoms. The van der Waals surface area contributed by atoms with Crippen molar-refractivity contribution in [3.05, 3.63) is 0 Å². The second-order valence-corrected chi connectivity index (χ2v) is 13.8. The van der Waals surface area contributed by atoms with Crippen LogP contribution in [0.5, 0.6) is 0 Å². The van der Waals surface area contributed by atoms with E-state index in [4.69, 9.17) is 0 Å². The average Bonchev–Trinajstić information content (AvgIpc) is 3.12. The highest BCUT2D eigenvalue weighted by atomic mass is 16.3. The predicted octanol–water partition coefficient (Wildman–Crippen LogP) is 3.99. The topological polar surface area (TPSA) is 101 Å². The van der Waals surface area contributed by atoms with Gasteiger partial charge in [0.2, 0.25) is 0 Å². The molecule has 0 aromatic heterocycles. The molecule has 14 atom stereocenters. The van der Waals surface area contributed by atoms with Crippen LogP contribution < -0.4 is 0 Å². The highest BCUT2D eigenvalue weighted by Crippen LogP contribution is 2.68. The molecule has 4 rings (SSSR count). The Hall–Kier alpha value is -0.200. The summed E-state index contributed by atoms with van der Waals surface area (Å²) in [5.41, 5.74) is -0.0239. The molecule has 0 heterocycles. The molecule has 0 radical (unpaired) electrons. The van der Waals surface area contributed by atoms with Crippen molar-refractivity contribution < 1.29 is 25.5 Å².